The first kappa shape index (κ1) is 13.0. The minimum absolute atomic E-state index is 0.0163. The number of benzene rings is 1. The first-order chi connectivity index (χ1) is 7.40. The zero-order valence-electron chi connectivity index (χ0n) is 8.54. The molecule has 86 valence electrons. The molecule has 0 unspecified atom stereocenters. The van der Waals surface area contributed by atoms with Crippen molar-refractivity contribution >= 4 is 49.5 Å². The van der Waals surface area contributed by atoms with E-state index in [2.05, 4.69) is 41.8 Å². The number of halogens is 2. The van der Waals surface area contributed by atoms with Gasteiger partial charge in [-0.3, -0.25) is 0 Å². The largest absolute Gasteiger partial charge is 0.370 e. The van der Waals surface area contributed by atoms with Gasteiger partial charge in [0.15, 0.2) is 5.96 Å². The van der Waals surface area contributed by atoms with Crippen molar-refractivity contribution in [2.45, 2.75) is 6.92 Å². The molecule has 0 saturated carbocycles. The van der Waals surface area contributed by atoms with E-state index < -0.39 is 0 Å². The Hall–Kier alpha value is -1.08. The van der Waals surface area contributed by atoms with Gasteiger partial charge in [0.05, 0.1) is 5.69 Å². The summed E-state index contributed by atoms with van der Waals surface area (Å²) in [6.45, 7) is 1.97. The standard InChI is InChI=1S/C9H11Br2N5/c1-4-6(10)2-5(3-7(4)11)15-9(14)16-8(12)13/h2-3H,1H3,(H6,12,13,14,15,16). The van der Waals surface area contributed by atoms with Crippen molar-refractivity contribution in [3.63, 3.8) is 0 Å². The number of hydrogen-bond donors (Lipinski definition) is 3. The van der Waals surface area contributed by atoms with Gasteiger partial charge in [0.1, 0.15) is 0 Å². The van der Waals surface area contributed by atoms with Gasteiger partial charge in [-0.2, -0.15) is 4.99 Å². The summed E-state index contributed by atoms with van der Waals surface area (Å²) in [6, 6.07) is 3.66. The topological polar surface area (TPSA) is 103 Å². The van der Waals surface area contributed by atoms with Gasteiger partial charge in [-0.05, 0) is 24.6 Å². The minimum atomic E-state index is -0.119. The molecule has 0 aliphatic carbocycles. The minimum Gasteiger partial charge on any atom is -0.370 e. The Morgan fingerprint density at radius 3 is 2.06 bits per heavy atom. The van der Waals surface area contributed by atoms with Crippen LogP contribution in [0.15, 0.2) is 31.1 Å². The molecular weight excluding hydrogens is 338 g/mol. The summed E-state index contributed by atoms with van der Waals surface area (Å²) >= 11 is 6.82. The van der Waals surface area contributed by atoms with E-state index in [1.165, 1.54) is 0 Å². The highest BCUT2D eigenvalue weighted by Gasteiger charge is 2.03. The van der Waals surface area contributed by atoms with Crippen molar-refractivity contribution in [2.24, 2.45) is 27.2 Å². The third-order valence-electron chi connectivity index (χ3n) is 1.75. The summed E-state index contributed by atoms with van der Waals surface area (Å²) in [4.78, 5) is 7.67. The zero-order valence-corrected chi connectivity index (χ0v) is 11.7. The van der Waals surface area contributed by atoms with Gasteiger partial charge in [-0.15, -0.1) is 0 Å². The van der Waals surface area contributed by atoms with Crippen molar-refractivity contribution in [2.75, 3.05) is 0 Å². The van der Waals surface area contributed by atoms with Crippen LogP contribution in [0.4, 0.5) is 5.69 Å². The molecule has 0 saturated heterocycles. The molecule has 0 bridgehead atoms. The second kappa shape index (κ2) is 5.31. The first-order valence-corrected chi connectivity index (χ1v) is 5.88. The summed E-state index contributed by atoms with van der Waals surface area (Å²) in [6.07, 6.45) is 0. The quantitative estimate of drug-likeness (QED) is 0.532. The molecule has 0 atom stereocenters. The first-order valence-electron chi connectivity index (χ1n) is 4.29. The molecule has 0 amide bonds. The van der Waals surface area contributed by atoms with Crippen molar-refractivity contribution < 1.29 is 0 Å². The SMILES string of the molecule is Cc1c(Br)cc(N=C(N)N=C(N)N)cc1Br. The predicted molar refractivity (Wildman–Crippen MR) is 73.7 cm³/mol. The normalized spacial score (nSPS) is 11.3. The summed E-state index contributed by atoms with van der Waals surface area (Å²) in [5.74, 6) is -0.103. The van der Waals surface area contributed by atoms with Gasteiger partial charge in [0, 0.05) is 8.95 Å². The average molecular weight is 349 g/mol. The Morgan fingerprint density at radius 1 is 1.12 bits per heavy atom. The summed E-state index contributed by atoms with van der Waals surface area (Å²) in [5, 5.41) is 0. The molecule has 0 spiro atoms. The fourth-order valence-electron chi connectivity index (χ4n) is 0.986. The number of nitrogens with two attached hydrogens (primary N) is 3. The van der Waals surface area contributed by atoms with Crippen LogP contribution in [-0.4, -0.2) is 11.9 Å². The molecule has 16 heavy (non-hydrogen) atoms. The highest BCUT2D eigenvalue weighted by atomic mass is 79.9. The van der Waals surface area contributed by atoms with Crippen molar-refractivity contribution in [1.82, 2.24) is 0 Å². The predicted octanol–water partition coefficient (Wildman–Crippen LogP) is 1.74. The smallest absolute Gasteiger partial charge is 0.223 e. The van der Waals surface area contributed by atoms with Gasteiger partial charge in [-0.1, -0.05) is 31.9 Å². The Morgan fingerprint density at radius 2 is 1.62 bits per heavy atom. The van der Waals surface area contributed by atoms with Gasteiger partial charge >= 0.3 is 0 Å². The fraction of sp³-hybridized carbons (Fsp3) is 0.111. The van der Waals surface area contributed by atoms with E-state index >= 15 is 0 Å². The maximum Gasteiger partial charge on any atom is 0.223 e. The van der Waals surface area contributed by atoms with E-state index in [-0.39, 0.29) is 11.9 Å². The fourth-order valence-corrected chi connectivity index (χ4v) is 2.15. The third-order valence-corrected chi connectivity index (χ3v) is 3.40. The van der Waals surface area contributed by atoms with E-state index in [9.17, 15) is 0 Å². The number of nitrogens with zero attached hydrogens (tertiary/aromatic N) is 2. The van der Waals surface area contributed by atoms with Gasteiger partial charge < -0.3 is 17.2 Å². The van der Waals surface area contributed by atoms with Crippen molar-refractivity contribution in [3.05, 3.63) is 26.6 Å². The number of aliphatic imine (C=N–C) groups is 2. The number of guanidine groups is 2. The molecule has 1 aromatic carbocycles. The number of hydrogen-bond acceptors (Lipinski definition) is 1. The summed E-state index contributed by atoms with van der Waals surface area (Å²) in [5.41, 5.74) is 17.6. The van der Waals surface area contributed by atoms with Crippen LogP contribution >= 0.6 is 31.9 Å². The van der Waals surface area contributed by atoms with Gasteiger partial charge in [0.2, 0.25) is 5.96 Å². The molecule has 0 heterocycles. The lowest BCUT2D eigenvalue weighted by Crippen LogP contribution is -2.26. The van der Waals surface area contributed by atoms with Crippen LogP contribution in [0.1, 0.15) is 5.56 Å². The molecule has 0 radical (unpaired) electrons. The van der Waals surface area contributed by atoms with Crippen LogP contribution in [0, 0.1) is 6.92 Å². The second-order valence-corrected chi connectivity index (χ2v) is 4.75. The van der Waals surface area contributed by atoms with Crippen LogP contribution in [0.5, 0.6) is 0 Å². The van der Waals surface area contributed by atoms with Crippen LogP contribution < -0.4 is 17.2 Å². The molecule has 5 nitrogen and oxygen atoms in total. The lowest BCUT2D eigenvalue weighted by Gasteiger charge is -2.03. The zero-order chi connectivity index (χ0) is 12.3. The Bertz CT molecular complexity index is 440. The molecule has 1 rings (SSSR count). The molecule has 0 aromatic heterocycles. The Kier molecular flexibility index (Phi) is 4.31. The van der Waals surface area contributed by atoms with E-state index in [0.29, 0.717) is 5.69 Å². The average Bonchev–Trinajstić information content (AvgIpc) is 2.12. The maximum atomic E-state index is 5.52. The molecule has 7 heteroatoms. The van der Waals surface area contributed by atoms with Gasteiger partial charge in [0.25, 0.3) is 0 Å². The van der Waals surface area contributed by atoms with Crippen molar-refractivity contribution in [3.8, 4) is 0 Å². The molecule has 6 N–H and O–H groups in total. The third kappa shape index (κ3) is 3.49. The van der Waals surface area contributed by atoms with E-state index in [1.807, 2.05) is 19.1 Å². The van der Waals surface area contributed by atoms with E-state index in [4.69, 9.17) is 17.2 Å². The van der Waals surface area contributed by atoms with Crippen LogP contribution in [0.3, 0.4) is 0 Å². The maximum absolute atomic E-state index is 5.52. The molecule has 0 fully saturated rings. The second-order valence-electron chi connectivity index (χ2n) is 3.04. The lowest BCUT2D eigenvalue weighted by atomic mass is 10.2. The number of rotatable bonds is 1. The molecular formula is C9H11Br2N5. The van der Waals surface area contributed by atoms with Crippen molar-refractivity contribution in [1.29, 1.82) is 0 Å². The Labute approximate surface area is 110 Å². The van der Waals surface area contributed by atoms with Crippen LogP contribution in [0.2, 0.25) is 0 Å². The molecule has 0 aliphatic rings. The van der Waals surface area contributed by atoms with Gasteiger partial charge in [-0.25, -0.2) is 4.99 Å². The highest BCUT2D eigenvalue weighted by Crippen LogP contribution is 2.30. The summed E-state index contributed by atoms with van der Waals surface area (Å²) < 4.78 is 1.86. The Balaban J connectivity index is 3.12. The van der Waals surface area contributed by atoms with Crippen LogP contribution in [0.25, 0.3) is 0 Å². The highest BCUT2D eigenvalue weighted by molar-refractivity contribution is 9.11. The van der Waals surface area contributed by atoms with Crippen LogP contribution in [-0.2, 0) is 0 Å². The van der Waals surface area contributed by atoms with E-state index in [0.717, 1.165) is 14.5 Å². The van der Waals surface area contributed by atoms with E-state index in [1.54, 1.807) is 0 Å². The monoisotopic (exact) mass is 347 g/mol. The molecule has 1 aromatic rings. The lowest BCUT2D eigenvalue weighted by molar-refractivity contribution is 1.34. The molecule has 0 aliphatic heterocycles. The summed E-state index contributed by atoms with van der Waals surface area (Å²) in [7, 11) is 0.